The molecule has 2 N–H and O–H groups in total. The molecule has 355 valence electrons. The molecule has 0 spiro atoms. The van der Waals surface area contributed by atoms with E-state index in [4.69, 9.17) is 0 Å². The average molecular weight is 1170 g/mol. The number of rotatable bonds is 4. The van der Waals surface area contributed by atoms with Crippen LogP contribution in [0.4, 0.5) is 87.8 Å². The van der Waals surface area contributed by atoms with E-state index in [1.807, 2.05) is 0 Å². The van der Waals surface area contributed by atoms with Gasteiger partial charge < -0.3 is 9.97 Å². The summed E-state index contributed by atoms with van der Waals surface area (Å²) in [6.07, 6.45) is 2.40. The Labute approximate surface area is 381 Å². The number of H-pyrrole nitrogens is 2. The smallest absolute Gasteiger partial charge is 0.200 e. The third-order valence-electron chi connectivity index (χ3n) is 10.6. The molecular weight excluding hydrogens is 1160 g/mol. The maximum Gasteiger partial charge on any atom is 0.200 e. The monoisotopic (exact) mass is 1170 g/mol. The van der Waals surface area contributed by atoms with Crippen molar-refractivity contribution in [3.63, 3.8) is 0 Å². The van der Waals surface area contributed by atoms with Crippen LogP contribution < -0.4 is 0 Å². The summed E-state index contributed by atoms with van der Waals surface area (Å²) in [7, 11) is 0. The standard InChI is InChI=1S/C44H10F20N4.Ir/c45-25-21(26(46)34(54)41(61)33(25)53)17-9-1-2-10(65-9)18(22-27(47)35(55)42(62)36(56)28(22)48)12-5-6-14(67-12)20(24-31(51)39(59)44(64)40(60)32(24)52)16-8-7-15(68-16)19(13-4-3-11(17)66-13)23-29(49)37(57)43(63)38(58)30(23)50;/h1-8,65,68H;. The Balaban J connectivity index is 0.00000642. The molecule has 3 aromatic heterocycles. The molecule has 0 saturated heterocycles. The zero-order valence-electron chi connectivity index (χ0n) is 32.4. The molecule has 69 heavy (non-hydrogen) atoms. The van der Waals surface area contributed by atoms with Crippen molar-refractivity contribution < 1.29 is 108 Å². The van der Waals surface area contributed by atoms with Gasteiger partial charge in [0, 0.05) is 64.4 Å². The fourth-order valence-corrected chi connectivity index (χ4v) is 7.56. The average Bonchev–Trinajstić information content (AvgIpc) is 4.18. The quantitative estimate of drug-likeness (QED) is 0.105. The van der Waals surface area contributed by atoms with Gasteiger partial charge in [0.05, 0.1) is 45.0 Å². The summed E-state index contributed by atoms with van der Waals surface area (Å²) in [6.45, 7) is 0. The molecule has 25 heteroatoms. The van der Waals surface area contributed by atoms with Crippen molar-refractivity contribution in [1.29, 1.82) is 0 Å². The number of nitrogens with one attached hydrogen (secondary N) is 2. The Bertz CT molecular complexity index is 3120. The number of benzene rings is 4. The Morgan fingerprint density at radius 3 is 0.522 bits per heavy atom. The van der Waals surface area contributed by atoms with Crippen molar-refractivity contribution >= 4 is 46.4 Å². The summed E-state index contributed by atoms with van der Waals surface area (Å²) in [5.74, 6) is -52.6. The summed E-state index contributed by atoms with van der Waals surface area (Å²) in [5.41, 5.74) is -20.5. The molecule has 9 rings (SSSR count). The van der Waals surface area contributed by atoms with Gasteiger partial charge in [-0.3, -0.25) is 0 Å². The molecule has 2 aliphatic heterocycles. The molecule has 0 atom stereocenters. The fraction of sp³-hybridized carbons (Fsp3) is 0. The van der Waals surface area contributed by atoms with Crippen molar-refractivity contribution in [3.05, 3.63) is 163 Å². The minimum absolute atomic E-state index is 0. The van der Waals surface area contributed by atoms with Crippen molar-refractivity contribution in [2.75, 3.05) is 0 Å². The van der Waals surface area contributed by atoms with Crippen LogP contribution in [0.1, 0.15) is 22.8 Å². The first-order chi connectivity index (χ1) is 32.1. The topological polar surface area (TPSA) is 57.4 Å². The van der Waals surface area contributed by atoms with E-state index in [0.717, 1.165) is 0 Å². The molecule has 0 fully saturated rings. The van der Waals surface area contributed by atoms with E-state index < -0.39 is 206 Å². The summed E-state index contributed by atoms with van der Waals surface area (Å²) >= 11 is 0. The molecule has 7 aromatic rings. The SMILES string of the molecule is Fc1c(F)c(F)c(-c2c3nc(c(-c4c(F)c(F)c(F)c(F)c4F)c4ccc([nH]4)c(-c4c(F)c(F)c(F)c(F)c4F)c4nc(c(-c5c(F)c(F)c(F)c(F)c5F)c5ccc2[nH]5)C=C4)C=C3)c(F)c1F.[Ir]. The largest absolute Gasteiger partial charge is 0.354 e. The third kappa shape index (κ3) is 7.02. The van der Waals surface area contributed by atoms with Gasteiger partial charge >= 0.3 is 0 Å². The van der Waals surface area contributed by atoms with Gasteiger partial charge in [-0.25, -0.2) is 97.8 Å². The maximum atomic E-state index is 15.8. The fourth-order valence-electron chi connectivity index (χ4n) is 7.56. The minimum Gasteiger partial charge on any atom is -0.354 e. The van der Waals surface area contributed by atoms with Gasteiger partial charge in [-0.15, -0.1) is 0 Å². The maximum absolute atomic E-state index is 15.8. The molecule has 1 radical (unpaired) electrons. The van der Waals surface area contributed by atoms with Crippen LogP contribution >= 0.6 is 0 Å². The van der Waals surface area contributed by atoms with Gasteiger partial charge in [-0.05, 0) is 48.6 Å². The molecule has 2 aliphatic rings. The summed E-state index contributed by atoms with van der Waals surface area (Å²) in [5, 5.41) is 0. The van der Waals surface area contributed by atoms with Crippen molar-refractivity contribution in [3.8, 4) is 44.5 Å². The molecule has 0 saturated carbocycles. The first-order valence-corrected chi connectivity index (χ1v) is 18.3. The first-order valence-electron chi connectivity index (χ1n) is 18.3. The van der Waals surface area contributed by atoms with Gasteiger partial charge in [0.25, 0.3) is 0 Å². The zero-order chi connectivity index (χ0) is 49.3. The summed E-state index contributed by atoms with van der Waals surface area (Å²) in [4.78, 5) is 12.3. The number of halogens is 20. The van der Waals surface area contributed by atoms with Gasteiger partial charge in [-0.2, -0.15) is 0 Å². The second kappa shape index (κ2) is 17.0. The molecule has 5 heterocycles. The van der Waals surface area contributed by atoms with Gasteiger partial charge in [0.1, 0.15) is 0 Å². The van der Waals surface area contributed by atoms with Gasteiger partial charge in [0.2, 0.25) is 23.3 Å². The second-order valence-electron chi connectivity index (χ2n) is 14.3. The van der Waals surface area contributed by atoms with E-state index in [2.05, 4.69) is 19.9 Å². The Kier molecular flexibility index (Phi) is 11.9. The van der Waals surface area contributed by atoms with Crippen LogP contribution in [-0.4, -0.2) is 19.9 Å². The number of aromatic amines is 2. The normalized spacial score (nSPS) is 12.1. The summed E-state index contributed by atoms with van der Waals surface area (Å²) in [6, 6.07) is 2.51. The van der Waals surface area contributed by atoms with Gasteiger partial charge in [0.15, 0.2) is 93.1 Å². The Morgan fingerprint density at radius 2 is 0.362 bits per heavy atom. The second-order valence-corrected chi connectivity index (χ2v) is 14.3. The Morgan fingerprint density at radius 1 is 0.217 bits per heavy atom. The van der Waals surface area contributed by atoms with Crippen LogP contribution in [0.3, 0.4) is 0 Å². The predicted octanol–water partition coefficient (Wildman–Crippen LogP) is 14.1. The van der Waals surface area contributed by atoms with E-state index in [9.17, 15) is 52.7 Å². The zero-order valence-corrected chi connectivity index (χ0v) is 34.8. The predicted molar refractivity (Wildman–Crippen MR) is 200 cm³/mol. The van der Waals surface area contributed by atoms with Crippen LogP contribution in [0.2, 0.25) is 0 Å². The van der Waals surface area contributed by atoms with Crippen molar-refractivity contribution in [2.45, 2.75) is 0 Å². The summed E-state index contributed by atoms with van der Waals surface area (Å²) < 4.78 is 303. The Hall–Kier alpha value is -7.27. The number of fused-ring (bicyclic) bond motifs is 8. The molecule has 8 bridgehead atoms. The number of nitrogens with zero attached hydrogens (tertiary/aromatic N) is 2. The van der Waals surface area contributed by atoms with Crippen LogP contribution in [0.25, 0.3) is 90.9 Å². The number of hydrogen-bond acceptors (Lipinski definition) is 2. The number of aromatic nitrogens is 4. The van der Waals surface area contributed by atoms with E-state index in [1.165, 1.54) is 0 Å². The van der Waals surface area contributed by atoms with Crippen LogP contribution in [-0.2, 0) is 20.1 Å². The van der Waals surface area contributed by atoms with Crippen LogP contribution in [0.5, 0.6) is 0 Å². The molecule has 4 aromatic carbocycles. The van der Waals surface area contributed by atoms with Crippen LogP contribution in [0, 0.1) is 116 Å². The molecule has 0 aliphatic carbocycles. The number of hydrogen-bond donors (Lipinski definition) is 2. The van der Waals surface area contributed by atoms with Crippen molar-refractivity contribution in [1.82, 2.24) is 19.9 Å². The van der Waals surface area contributed by atoms with E-state index in [1.54, 1.807) is 0 Å². The molecule has 0 amide bonds. The molecule has 4 nitrogen and oxygen atoms in total. The van der Waals surface area contributed by atoms with Gasteiger partial charge in [-0.1, -0.05) is 0 Å². The van der Waals surface area contributed by atoms with E-state index in [-0.39, 0.29) is 20.1 Å². The molecule has 0 unspecified atom stereocenters. The van der Waals surface area contributed by atoms with Crippen LogP contribution in [0.15, 0.2) is 24.3 Å². The molecular formula is C44H10F20IrN4. The minimum atomic E-state index is -2.72. The third-order valence-corrected chi connectivity index (χ3v) is 10.6. The first kappa shape index (κ1) is 48.2. The van der Waals surface area contributed by atoms with Crippen molar-refractivity contribution in [2.24, 2.45) is 0 Å². The van der Waals surface area contributed by atoms with E-state index in [0.29, 0.717) is 48.6 Å². The van der Waals surface area contributed by atoms with E-state index >= 15 is 35.1 Å².